The fraction of sp³-hybridized carbons (Fsp3) is 0.450. The first-order chi connectivity index (χ1) is 9.68. The topological polar surface area (TPSA) is 3.88 Å². The van der Waals surface area contributed by atoms with Gasteiger partial charge in [0.05, 0.1) is 5.56 Å². The highest BCUT2D eigenvalue weighted by molar-refractivity contribution is 5.75. The summed E-state index contributed by atoms with van der Waals surface area (Å²) < 4.78 is 2.31. The van der Waals surface area contributed by atoms with E-state index in [2.05, 4.69) is 83.6 Å². The molecule has 1 aromatic heterocycles. The maximum atomic E-state index is 2.39. The lowest BCUT2D eigenvalue weighted by atomic mass is 9.55. The van der Waals surface area contributed by atoms with Gasteiger partial charge in [0.2, 0.25) is 5.69 Å². The molecule has 0 aliphatic heterocycles. The molecule has 110 valence electrons. The molecule has 0 amide bonds. The summed E-state index contributed by atoms with van der Waals surface area (Å²) >= 11 is 0. The first-order valence-electron chi connectivity index (χ1n) is 7.79. The molecule has 0 saturated carbocycles. The molecule has 2 aromatic rings. The Labute approximate surface area is 128 Å². The normalized spacial score (nSPS) is 18.0. The smallest absolute Gasteiger partial charge is 0.200 e. The Morgan fingerprint density at radius 2 is 1.52 bits per heavy atom. The molecule has 3 rings (SSSR count). The molecule has 1 nitrogen and oxygen atoms in total. The maximum absolute atomic E-state index is 2.39. The second-order valence-electron chi connectivity index (χ2n) is 7.64. The van der Waals surface area contributed by atoms with Gasteiger partial charge < -0.3 is 0 Å². The van der Waals surface area contributed by atoms with E-state index in [1.807, 2.05) is 0 Å². The summed E-state index contributed by atoms with van der Waals surface area (Å²) in [6.07, 6.45) is 2.24. The average Bonchev–Trinajstić information content (AvgIpc) is 2.37. The Hall–Kier alpha value is -1.63. The van der Waals surface area contributed by atoms with Gasteiger partial charge in [0.15, 0.2) is 6.20 Å². The molecule has 1 heteroatoms. The summed E-state index contributed by atoms with van der Waals surface area (Å²) in [5.74, 6) is 0. The van der Waals surface area contributed by atoms with Gasteiger partial charge in [-0.3, -0.25) is 0 Å². The van der Waals surface area contributed by atoms with Crippen molar-refractivity contribution in [1.82, 2.24) is 0 Å². The molecular formula is C20H26N+. The van der Waals surface area contributed by atoms with Crippen molar-refractivity contribution in [3.05, 3.63) is 52.7 Å². The van der Waals surface area contributed by atoms with Crippen LogP contribution in [0.4, 0.5) is 0 Å². The van der Waals surface area contributed by atoms with Crippen molar-refractivity contribution >= 4 is 0 Å². The Morgan fingerprint density at radius 3 is 2.19 bits per heavy atom. The van der Waals surface area contributed by atoms with Crippen molar-refractivity contribution in [3.63, 3.8) is 0 Å². The van der Waals surface area contributed by atoms with Crippen LogP contribution in [0.3, 0.4) is 0 Å². The van der Waals surface area contributed by atoms with Gasteiger partial charge in [-0.25, -0.2) is 4.57 Å². The predicted octanol–water partition coefficient (Wildman–Crippen LogP) is 4.36. The third kappa shape index (κ3) is 1.73. The summed E-state index contributed by atoms with van der Waals surface area (Å²) in [5.41, 5.74) is 8.68. The molecule has 21 heavy (non-hydrogen) atoms. The molecule has 0 bridgehead atoms. The van der Waals surface area contributed by atoms with Gasteiger partial charge in [-0.2, -0.15) is 0 Å². The molecule has 0 atom stereocenters. The van der Waals surface area contributed by atoms with Gasteiger partial charge in [-0.1, -0.05) is 45.9 Å². The Morgan fingerprint density at radius 1 is 0.905 bits per heavy atom. The molecule has 0 spiro atoms. The van der Waals surface area contributed by atoms with Crippen molar-refractivity contribution < 1.29 is 4.57 Å². The second-order valence-corrected chi connectivity index (χ2v) is 7.64. The van der Waals surface area contributed by atoms with Crippen molar-refractivity contribution in [3.8, 4) is 11.3 Å². The molecule has 0 saturated heterocycles. The number of aryl methyl sites for hydroxylation is 3. The van der Waals surface area contributed by atoms with Crippen molar-refractivity contribution in [1.29, 1.82) is 0 Å². The number of pyridine rings is 1. The molecule has 1 aromatic carbocycles. The number of nitrogens with zero attached hydrogens (tertiary/aromatic N) is 1. The number of rotatable bonds is 0. The van der Waals surface area contributed by atoms with Crippen LogP contribution in [0.2, 0.25) is 0 Å². The van der Waals surface area contributed by atoms with E-state index in [0.29, 0.717) is 0 Å². The molecule has 0 unspecified atom stereocenters. The van der Waals surface area contributed by atoms with Crippen LogP contribution in [0.1, 0.15) is 49.9 Å². The zero-order valence-corrected chi connectivity index (χ0v) is 14.3. The van der Waals surface area contributed by atoms with E-state index in [9.17, 15) is 0 Å². The zero-order chi connectivity index (χ0) is 15.6. The van der Waals surface area contributed by atoms with Crippen LogP contribution >= 0.6 is 0 Å². The quantitative estimate of drug-likeness (QED) is 0.631. The van der Waals surface area contributed by atoms with Crippen LogP contribution in [-0.4, -0.2) is 0 Å². The van der Waals surface area contributed by atoms with E-state index >= 15 is 0 Å². The lowest BCUT2D eigenvalue weighted by Crippen LogP contribution is -2.48. The minimum Gasteiger partial charge on any atom is -0.200 e. The van der Waals surface area contributed by atoms with Gasteiger partial charge in [0.1, 0.15) is 7.05 Å². The third-order valence-electron chi connectivity index (χ3n) is 5.80. The molecule has 1 aliphatic carbocycles. The Bertz CT molecular complexity index is 736. The molecule has 0 fully saturated rings. The summed E-state index contributed by atoms with van der Waals surface area (Å²) in [5, 5.41) is 0. The molecule has 0 N–H and O–H groups in total. The van der Waals surface area contributed by atoms with Crippen LogP contribution < -0.4 is 4.57 Å². The van der Waals surface area contributed by atoms with Gasteiger partial charge in [0.25, 0.3) is 0 Å². The van der Waals surface area contributed by atoms with Crippen LogP contribution in [-0.2, 0) is 17.9 Å². The van der Waals surface area contributed by atoms with Gasteiger partial charge in [-0.15, -0.1) is 0 Å². The summed E-state index contributed by atoms with van der Waals surface area (Å²) in [6, 6.07) is 9.13. The van der Waals surface area contributed by atoms with E-state index in [0.717, 1.165) is 0 Å². The summed E-state index contributed by atoms with van der Waals surface area (Å²) in [6.45, 7) is 14.0. The fourth-order valence-electron chi connectivity index (χ4n) is 3.86. The lowest BCUT2D eigenvalue weighted by molar-refractivity contribution is -0.661. The van der Waals surface area contributed by atoms with Crippen molar-refractivity contribution in [2.75, 3.05) is 0 Å². The van der Waals surface area contributed by atoms with Gasteiger partial charge >= 0.3 is 0 Å². The predicted molar refractivity (Wildman–Crippen MR) is 88.6 cm³/mol. The fourth-order valence-corrected chi connectivity index (χ4v) is 3.86. The van der Waals surface area contributed by atoms with Crippen LogP contribution in [0.15, 0.2) is 30.5 Å². The van der Waals surface area contributed by atoms with Crippen LogP contribution in [0.5, 0.6) is 0 Å². The second kappa shape index (κ2) is 4.19. The molecule has 1 aliphatic rings. The first-order valence-corrected chi connectivity index (χ1v) is 7.79. The molecular weight excluding hydrogens is 254 g/mol. The standard InChI is InChI=1S/C20H26N/c1-13-11-16-18(21(7)12-13)17-14(2)9-8-10-15(17)19(3,4)20(16,5)6/h8-12H,1-7H3/q+1. The minimum atomic E-state index is 0.104. The largest absolute Gasteiger partial charge is 0.216 e. The molecule has 0 radical (unpaired) electrons. The summed E-state index contributed by atoms with van der Waals surface area (Å²) in [4.78, 5) is 0. The number of benzene rings is 1. The van der Waals surface area contributed by atoms with E-state index < -0.39 is 0 Å². The lowest BCUT2D eigenvalue weighted by Gasteiger charge is -2.47. The number of fused-ring (bicyclic) bond motifs is 3. The van der Waals surface area contributed by atoms with Gasteiger partial charge in [0, 0.05) is 16.5 Å². The zero-order valence-electron chi connectivity index (χ0n) is 14.3. The monoisotopic (exact) mass is 280 g/mol. The Kier molecular flexibility index (Phi) is 2.86. The van der Waals surface area contributed by atoms with Crippen LogP contribution in [0.25, 0.3) is 11.3 Å². The number of hydrogen-bond donors (Lipinski definition) is 0. The molecule has 1 heterocycles. The van der Waals surface area contributed by atoms with Crippen molar-refractivity contribution in [2.24, 2.45) is 7.05 Å². The average molecular weight is 280 g/mol. The van der Waals surface area contributed by atoms with E-state index in [4.69, 9.17) is 0 Å². The van der Waals surface area contributed by atoms with E-state index in [-0.39, 0.29) is 10.8 Å². The highest BCUT2D eigenvalue weighted by atomic mass is 14.9. The van der Waals surface area contributed by atoms with Crippen molar-refractivity contribution in [2.45, 2.75) is 52.4 Å². The first kappa shape index (κ1) is 14.3. The van der Waals surface area contributed by atoms with E-state index in [1.165, 1.54) is 33.5 Å². The van der Waals surface area contributed by atoms with Crippen LogP contribution in [0, 0.1) is 13.8 Å². The minimum absolute atomic E-state index is 0.104. The highest BCUT2D eigenvalue weighted by Gasteiger charge is 2.49. The van der Waals surface area contributed by atoms with Gasteiger partial charge in [-0.05, 0) is 36.5 Å². The maximum Gasteiger partial charge on any atom is 0.216 e. The van der Waals surface area contributed by atoms with E-state index in [1.54, 1.807) is 0 Å². The summed E-state index contributed by atoms with van der Waals surface area (Å²) in [7, 11) is 2.18. The highest BCUT2D eigenvalue weighted by Crippen LogP contribution is 2.53. The number of hydrogen-bond acceptors (Lipinski definition) is 0. The SMILES string of the molecule is Cc1cc2c([n+](C)c1)-c1c(C)cccc1C(C)(C)C2(C)C. The third-order valence-corrected chi connectivity index (χ3v) is 5.80. The Balaban J connectivity index is 2.53. The number of aromatic nitrogens is 1.